The van der Waals surface area contributed by atoms with E-state index in [1.54, 1.807) is 0 Å². The highest BCUT2D eigenvalue weighted by Crippen LogP contribution is 2.19. The maximum absolute atomic E-state index is 11.9. The number of carbonyl (C=O) groups excluding carboxylic acids is 1. The molecule has 2 rings (SSSR count). The van der Waals surface area contributed by atoms with Crippen LogP contribution in [0.2, 0.25) is 0 Å². The zero-order valence-corrected chi connectivity index (χ0v) is 12.3. The van der Waals surface area contributed by atoms with Gasteiger partial charge in [-0.1, -0.05) is 43.2 Å². The van der Waals surface area contributed by atoms with Crippen molar-refractivity contribution in [1.29, 1.82) is 0 Å². The van der Waals surface area contributed by atoms with E-state index in [2.05, 4.69) is 5.32 Å². The van der Waals surface area contributed by atoms with Crippen molar-refractivity contribution in [2.24, 2.45) is 5.73 Å². The number of amides is 1. The van der Waals surface area contributed by atoms with Gasteiger partial charge in [-0.2, -0.15) is 0 Å². The minimum atomic E-state index is -0.411. The molecule has 1 aromatic rings. The summed E-state index contributed by atoms with van der Waals surface area (Å²) in [5.74, 6) is -0.0812. The molecule has 0 bridgehead atoms. The molecule has 0 saturated heterocycles. The van der Waals surface area contributed by atoms with Crippen LogP contribution in [-0.2, 0) is 4.79 Å². The molecule has 3 atom stereocenters. The number of aliphatic hydroxyl groups excluding tert-OH is 1. The average molecular weight is 299 g/mol. The Balaban J connectivity index is 0.00000200. The van der Waals surface area contributed by atoms with Gasteiger partial charge in [0.1, 0.15) is 0 Å². The summed E-state index contributed by atoms with van der Waals surface area (Å²) in [5, 5.41) is 12.7. The van der Waals surface area contributed by atoms with Crippen molar-refractivity contribution < 1.29 is 9.90 Å². The number of halogens is 1. The van der Waals surface area contributed by atoms with E-state index >= 15 is 0 Å². The molecule has 1 saturated carbocycles. The van der Waals surface area contributed by atoms with Gasteiger partial charge in [0.15, 0.2) is 0 Å². The highest BCUT2D eigenvalue weighted by molar-refractivity contribution is 5.85. The lowest BCUT2D eigenvalue weighted by Gasteiger charge is -2.28. The van der Waals surface area contributed by atoms with Gasteiger partial charge in [0.25, 0.3) is 0 Å². The number of benzene rings is 1. The number of hydrogen-bond donors (Lipinski definition) is 3. The lowest BCUT2D eigenvalue weighted by Crippen LogP contribution is -2.45. The van der Waals surface area contributed by atoms with Gasteiger partial charge in [-0.25, -0.2) is 0 Å². The lowest BCUT2D eigenvalue weighted by molar-refractivity contribution is -0.123. The number of nitrogens with two attached hydrogens (primary N) is 1. The standard InChI is InChI=1S/C15H22N2O2.ClH/c16-12(11-6-2-1-3-7-11)10-15(19)17-13-8-4-5-9-14(13)18;/h1-3,6-7,12-14,18H,4-5,8-10,16H2,(H,17,19);1H/t12?,13-,14-;/m1./s1. The first-order valence-corrected chi connectivity index (χ1v) is 6.95. The summed E-state index contributed by atoms with van der Waals surface area (Å²) in [6.07, 6.45) is 3.57. The first-order chi connectivity index (χ1) is 9.16. The van der Waals surface area contributed by atoms with E-state index in [4.69, 9.17) is 5.73 Å². The highest BCUT2D eigenvalue weighted by Gasteiger charge is 2.25. The fourth-order valence-electron chi connectivity index (χ4n) is 2.56. The average Bonchev–Trinajstić information content (AvgIpc) is 2.42. The Labute approximate surface area is 126 Å². The van der Waals surface area contributed by atoms with E-state index in [1.807, 2.05) is 30.3 Å². The third kappa shape index (κ3) is 4.78. The van der Waals surface area contributed by atoms with Crippen molar-refractivity contribution >= 4 is 18.3 Å². The first kappa shape index (κ1) is 17.0. The van der Waals surface area contributed by atoms with Crippen LogP contribution in [0.5, 0.6) is 0 Å². The van der Waals surface area contributed by atoms with Gasteiger partial charge in [-0.15, -0.1) is 12.4 Å². The summed E-state index contributed by atoms with van der Waals surface area (Å²) in [7, 11) is 0. The largest absolute Gasteiger partial charge is 0.391 e. The van der Waals surface area contributed by atoms with Crippen LogP contribution in [0.4, 0.5) is 0 Å². The van der Waals surface area contributed by atoms with Crippen LogP contribution in [0, 0.1) is 0 Å². The van der Waals surface area contributed by atoms with Crippen LogP contribution < -0.4 is 11.1 Å². The second kappa shape index (κ2) is 8.25. The first-order valence-electron chi connectivity index (χ1n) is 6.95. The van der Waals surface area contributed by atoms with Gasteiger partial charge in [0.05, 0.1) is 12.1 Å². The molecular formula is C15H23ClN2O2. The second-order valence-corrected chi connectivity index (χ2v) is 5.25. The van der Waals surface area contributed by atoms with E-state index in [0.717, 1.165) is 31.2 Å². The third-order valence-corrected chi connectivity index (χ3v) is 3.71. The van der Waals surface area contributed by atoms with E-state index in [1.165, 1.54) is 0 Å². The van der Waals surface area contributed by atoms with Crippen LogP contribution in [0.3, 0.4) is 0 Å². The molecule has 112 valence electrons. The van der Waals surface area contributed by atoms with Crippen molar-refractivity contribution in [3.8, 4) is 0 Å². The maximum Gasteiger partial charge on any atom is 0.222 e. The fourth-order valence-corrected chi connectivity index (χ4v) is 2.56. The number of hydrogen-bond acceptors (Lipinski definition) is 3. The molecule has 1 aliphatic rings. The Hall–Kier alpha value is -1.10. The second-order valence-electron chi connectivity index (χ2n) is 5.25. The van der Waals surface area contributed by atoms with Crippen LogP contribution in [0.25, 0.3) is 0 Å². The summed E-state index contributed by atoms with van der Waals surface area (Å²) in [6, 6.07) is 9.21. The van der Waals surface area contributed by atoms with Crippen molar-refractivity contribution in [2.45, 2.75) is 50.3 Å². The molecule has 4 nitrogen and oxygen atoms in total. The van der Waals surface area contributed by atoms with E-state index in [9.17, 15) is 9.90 Å². The van der Waals surface area contributed by atoms with Gasteiger partial charge in [0, 0.05) is 12.5 Å². The minimum absolute atomic E-state index is 0. The molecule has 4 N–H and O–H groups in total. The molecular weight excluding hydrogens is 276 g/mol. The van der Waals surface area contributed by atoms with Crippen LogP contribution in [0.15, 0.2) is 30.3 Å². The Morgan fingerprint density at radius 3 is 2.60 bits per heavy atom. The molecule has 1 aliphatic carbocycles. The quantitative estimate of drug-likeness (QED) is 0.795. The molecule has 1 fully saturated rings. The fraction of sp³-hybridized carbons (Fsp3) is 0.533. The molecule has 0 radical (unpaired) electrons. The Morgan fingerprint density at radius 1 is 1.30 bits per heavy atom. The molecule has 0 heterocycles. The van der Waals surface area contributed by atoms with Crippen molar-refractivity contribution in [2.75, 3.05) is 0 Å². The van der Waals surface area contributed by atoms with E-state index in [-0.39, 0.29) is 36.8 Å². The molecule has 5 heteroatoms. The molecule has 0 aliphatic heterocycles. The van der Waals surface area contributed by atoms with Crippen LogP contribution in [0.1, 0.15) is 43.7 Å². The van der Waals surface area contributed by atoms with Crippen molar-refractivity contribution in [1.82, 2.24) is 5.32 Å². The minimum Gasteiger partial charge on any atom is -0.391 e. The number of aliphatic hydroxyl groups is 1. The predicted octanol–water partition coefficient (Wildman–Crippen LogP) is 1.92. The molecule has 1 aromatic carbocycles. The molecule has 0 aromatic heterocycles. The van der Waals surface area contributed by atoms with Gasteiger partial charge >= 0.3 is 0 Å². The summed E-state index contributed by atoms with van der Waals surface area (Å²) in [6.45, 7) is 0. The SMILES string of the molecule is Cl.NC(CC(=O)N[C@@H]1CCCC[C@H]1O)c1ccccc1. The van der Waals surface area contributed by atoms with Crippen molar-refractivity contribution in [3.63, 3.8) is 0 Å². The zero-order valence-electron chi connectivity index (χ0n) is 11.5. The lowest BCUT2D eigenvalue weighted by atomic mass is 9.92. The zero-order chi connectivity index (χ0) is 13.7. The summed E-state index contributed by atoms with van der Waals surface area (Å²) >= 11 is 0. The Kier molecular flexibility index (Phi) is 6.99. The monoisotopic (exact) mass is 298 g/mol. The molecule has 1 unspecified atom stereocenters. The third-order valence-electron chi connectivity index (χ3n) is 3.71. The summed E-state index contributed by atoms with van der Waals surface area (Å²) in [5.41, 5.74) is 6.97. The number of rotatable bonds is 4. The smallest absolute Gasteiger partial charge is 0.222 e. The number of carbonyl (C=O) groups is 1. The van der Waals surface area contributed by atoms with Gasteiger partial charge in [-0.3, -0.25) is 4.79 Å². The number of nitrogens with one attached hydrogen (secondary N) is 1. The summed E-state index contributed by atoms with van der Waals surface area (Å²) in [4.78, 5) is 11.9. The maximum atomic E-state index is 11.9. The van der Waals surface area contributed by atoms with Crippen molar-refractivity contribution in [3.05, 3.63) is 35.9 Å². The normalized spacial score (nSPS) is 23.5. The molecule has 20 heavy (non-hydrogen) atoms. The van der Waals surface area contributed by atoms with E-state index in [0.29, 0.717) is 0 Å². The van der Waals surface area contributed by atoms with E-state index < -0.39 is 6.10 Å². The Bertz CT molecular complexity index is 414. The topological polar surface area (TPSA) is 75.4 Å². The molecule has 0 spiro atoms. The van der Waals surface area contributed by atoms with Crippen LogP contribution >= 0.6 is 12.4 Å². The highest BCUT2D eigenvalue weighted by atomic mass is 35.5. The predicted molar refractivity (Wildman–Crippen MR) is 81.6 cm³/mol. The van der Waals surface area contributed by atoms with Crippen LogP contribution in [-0.4, -0.2) is 23.2 Å². The van der Waals surface area contributed by atoms with Gasteiger partial charge in [-0.05, 0) is 18.4 Å². The summed E-state index contributed by atoms with van der Waals surface area (Å²) < 4.78 is 0. The van der Waals surface area contributed by atoms with Gasteiger partial charge in [0.2, 0.25) is 5.91 Å². The van der Waals surface area contributed by atoms with Gasteiger partial charge < -0.3 is 16.2 Å². The Morgan fingerprint density at radius 2 is 1.95 bits per heavy atom. The molecule has 1 amide bonds.